The van der Waals surface area contributed by atoms with E-state index in [2.05, 4.69) is 20.6 Å². The minimum absolute atomic E-state index is 0.00195. The van der Waals surface area contributed by atoms with Crippen molar-refractivity contribution in [2.75, 3.05) is 10.6 Å². The Morgan fingerprint density at radius 1 is 1.06 bits per heavy atom. The molecule has 0 bridgehead atoms. The lowest BCUT2D eigenvalue weighted by atomic mass is 10.3. The minimum atomic E-state index is -3.56. The van der Waals surface area contributed by atoms with Gasteiger partial charge in [-0.05, 0) is 38.1 Å². The SMILES string of the molecule is CC(C)S(=O)(=O)c1ccccc1Nc1nc(Nc2ccc(Cl)c([N+](=O)[O-])c2)ncc1Cl. The number of anilines is 4. The number of halogens is 2. The van der Waals surface area contributed by atoms with Crippen molar-refractivity contribution in [2.24, 2.45) is 0 Å². The van der Waals surface area contributed by atoms with Crippen LogP contribution >= 0.6 is 23.2 Å². The van der Waals surface area contributed by atoms with E-state index in [1.807, 2.05) is 0 Å². The zero-order valence-corrected chi connectivity index (χ0v) is 18.7. The van der Waals surface area contributed by atoms with E-state index in [0.717, 1.165) is 0 Å². The van der Waals surface area contributed by atoms with Crippen molar-refractivity contribution in [1.29, 1.82) is 0 Å². The Kier molecular flexibility index (Phi) is 6.63. The molecule has 12 heteroatoms. The Morgan fingerprint density at radius 3 is 2.45 bits per heavy atom. The highest BCUT2D eigenvalue weighted by Crippen LogP contribution is 2.32. The van der Waals surface area contributed by atoms with E-state index in [-0.39, 0.29) is 32.4 Å². The molecule has 3 rings (SSSR count). The summed E-state index contributed by atoms with van der Waals surface area (Å²) in [5.41, 5.74) is 0.379. The predicted molar refractivity (Wildman–Crippen MR) is 120 cm³/mol. The first-order valence-corrected chi connectivity index (χ1v) is 11.2. The van der Waals surface area contributed by atoms with E-state index < -0.39 is 20.0 Å². The molecule has 162 valence electrons. The molecule has 3 aromatic rings. The van der Waals surface area contributed by atoms with Gasteiger partial charge in [-0.25, -0.2) is 13.4 Å². The summed E-state index contributed by atoms with van der Waals surface area (Å²) in [6.45, 7) is 3.19. The van der Waals surface area contributed by atoms with Crippen LogP contribution in [-0.2, 0) is 9.84 Å². The molecule has 1 heterocycles. The van der Waals surface area contributed by atoms with Crippen molar-refractivity contribution in [3.8, 4) is 0 Å². The average Bonchev–Trinajstić information content (AvgIpc) is 2.72. The number of benzene rings is 2. The molecule has 0 aliphatic heterocycles. The Morgan fingerprint density at radius 2 is 1.77 bits per heavy atom. The number of nitro groups is 1. The van der Waals surface area contributed by atoms with Crippen LogP contribution in [-0.4, -0.2) is 28.6 Å². The maximum absolute atomic E-state index is 12.7. The summed E-state index contributed by atoms with van der Waals surface area (Å²) in [7, 11) is -3.56. The second-order valence-electron chi connectivity index (χ2n) is 6.65. The molecule has 0 aliphatic carbocycles. The molecule has 0 spiro atoms. The van der Waals surface area contributed by atoms with Crippen LogP contribution in [0.3, 0.4) is 0 Å². The number of para-hydroxylation sites is 1. The van der Waals surface area contributed by atoms with E-state index in [4.69, 9.17) is 23.2 Å². The summed E-state index contributed by atoms with van der Waals surface area (Å²) in [5, 5.41) is 16.4. The van der Waals surface area contributed by atoms with Gasteiger partial charge in [-0.1, -0.05) is 35.3 Å². The first-order chi connectivity index (χ1) is 14.6. The van der Waals surface area contributed by atoms with Crippen molar-refractivity contribution in [2.45, 2.75) is 24.0 Å². The van der Waals surface area contributed by atoms with Crippen LogP contribution in [0.1, 0.15) is 13.8 Å². The molecule has 0 radical (unpaired) electrons. The maximum atomic E-state index is 12.7. The van der Waals surface area contributed by atoms with Gasteiger partial charge in [0.25, 0.3) is 5.69 Å². The van der Waals surface area contributed by atoms with Gasteiger partial charge in [0, 0.05) is 11.8 Å². The van der Waals surface area contributed by atoms with Crippen molar-refractivity contribution in [1.82, 2.24) is 9.97 Å². The topological polar surface area (TPSA) is 127 Å². The van der Waals surface area contributed by atoms with Gasteiger partial charge in [0.1, 0.15) is 10.0 Å². The van der Waals surface area contributed by atoms with Crippen LogP contribution in [0.2, 0.25) is 10.0 Å². The summed E-state index contributed by atoms with van der Waals surface area (Å²) >= 11 is 12.0. The normalized spacial score (nSPS) is 11.4. The smallest absolute Gasteiger partial charge is 0.289 e. The molecule has 0 fully saturated rings. The fourth-order valence-corrected chi connectivity index (χ4v) is 4.10. The van der Waals surface area contributed by atoms with Crippen LogP contribution < -0.4 is 10.6 Å². The fraction of sp³-hybridized carbons (Fsp3) is 0.158. The van der Waals surface area contributed by atoms with Gasteiger partial charge in [0.05, 0.1) is 27.0 Å². The molecule has 2 aromatic carbocycles. The lowest BCUT2D eigenvalue weighted by molar-refractivity contribution is -0.384. The molecule has 0 saturated heterocycles. The predicted octanol–water partition coefficient (Wildman–Crippen LogP) is 5.36. The third-order valence-corrected chi connectivity index (χ3v) is 7.02. The van der Waals surface area contributed by atoms with Gasteiger partial charge in [0.2, 0.25) is 5.95 Å². The number of rotatable bonds is 7. The third-order valence-electron chi connectivity index (χ3n) is 4.21. The standard InChI is InChI=1S/C19H17Cl2N5O4S/c1-11(2)31(29,30)17-6-4-3-5-15(17)24-18-14(21)10-22-19(25-18)23-12-7-8-13(20)16(9-12)26(27)28/h3-11H,1-2H3,(H2,22,23,24,25). The molecule has 0 aliphatic rings. The molecule has 31 heavy (non-hydrogen) atoms. The monoisotopic (exact) mass is 481 g/mol. The van der Waals surface area contributed by atoms with Gasteiger partial charge in [-0.15, -0.1) is 0 Å². The van der Waals surface area contributed by atoms with E-state index in [9.17, 15) is 18.5 Å². The van der Waals surface area contributed by atoms with Crippen molar-refractivity contribution >= 4 is 61.9 Å². The average molecular weight is 482 g/mol. The first kappa shape index (κ1) is 22.7. The van der Waals surface area contributed by atoms with Crippen LogP contribution in [0.4, 0.5) is 28.8 Å². The highest BCUT2D eigenvalue weighted by atomic mass is 35.5. The van der Waals surface area contributed by atoms with Gasteiger partial charge in [0.15, 0.2) is 15.7 Å². The van der Waals surface area contributed by atoms with E-state index in [1.54, 1.807) is 32.0 Å². The van der Waals surface area contributed by atoms with Gasteiger partial charge >= 0.3 is 0 Å². The van der Waals surface area contributed by atoms with E-state index in [1.165, 1.54) is 30.5 Å². The number of hydrogen-bond donors (Lipinski definition) is 2. The molecule has 0 unspecified atom stereocenters. The highest BCUT2D eigenvalue weighted by Gasteiger charge is 2.23. The lowest BCUT2D eigenvalue weighted by Crippen LogP contribution is -2.15. The van der Waals surface area contributed by atoms with Crippen LogP contribution in [0, 0.1) is 10.1 Å². The number of nitrogens with zero attached hydrogens (tertiary/aromatic N) is 3. The van der Waals surface area contributed by atoms with Crippen molar-refractivity contribution < 1.29 is 13.3 Å². The largest absolute Gasteiger partial charge is 0.338 e. The maximum Gasteiger partial charge on any atom is 0.289 e. The summed E-state index contributed by atoms with van der Waals surface area (Å²) < 4.78 is 25.3. The molecule has 0 atom stereocenters. The quantitative estimate of drug-likeness (QED) is 0.340. The summed E-state index contributed by atoms with van der Waals surface area (Å²) in [6, 6.07) is 10.6. The van der Waals surface area contributed by atoms with Gasteiger partial charge in [-0.3, -0.25) is 10.1 Å². The Balaban J connectivity index is 1.94. The van der Waals surface area contributed by atoms with Gasteiger partial charge in [-0.2, -0.15) is 4.98 Å². The fourth-order valence-electron chi connectivity index (χ4n) is 2.57. The number of sulfone groups is 1. The Labute approximate surface area is 188 Å². The summed E-state index contributed by atoms with van der Waals surface area (Å²) in [4.78, 5) is 18.9. The summed E-state index contributed by atoms with van der Waals surface area (Å²) in [6.07, 6.45) is 1.32. The van der Waals surface area contributed by atoms with E-state index >= 15 is 0 Å². The van der Waals surface area contributed by atoms with Crippen molar-refractivity contribution in [3.05, 3.63) is 68.8 Å². The minimum Gasteiger partial charge on any atom is -0.338 e. The van der Waals surface area contributed by atoms with Crippen LogP contribution in [0.15, 0.2) is 53.6 Å². The number of hydrogen-bond acceptors (Lipinski definition) is 8. The van der Waals surface area contributed by atoms with E-state index in [0.29, 0.717) is 11.4 Å². The van der Waals surface area contributed by atoms with Crippen LogP contribution in [0.25, 0.3) is 0 Å². The van der Waals surface area contributed by atoms with Crippen molar-refractivity contribution in [3.63, 3.8) is 0 Å². The molecule has 2 N–H and O–H groups in total. The zero-order valence-electron chi connectivity index (χ0n) is 16.3. The second kappa shape index (κ2) is 9.04. The number of aromatic nitrogens is 2. The Hall–Kier alpha value is -2.95. The lowest BCUT2D eigenvalue weighted by Gasteiger charge is -2.15. The molecule has 1 aromatic heterocycles. The number of nitrogens with one attached hydrogen (secondary N) is 2. The highest BCUT2D eigenvalue weighted by molar-refractivity contribution is 7.92. The van der Waals surface area contributed by atoms with Gasteiger partial charge < -0.3 is 10.6 Å². The molecular weight excluding hydrogens is 465 g/mol. The summed E-state index contributed by atoms with van der Waals surface area (Å²) in [5.74, 6) is 0.252. The molecule has 9 nitrogen and oxygen atoms in total. The zero-order chi connectivity index (χ0) is 22.8. The molecule has 0 saturated carbocycles. The molecule has 0 amide bonds. The first-order valence-electron chi connectivity index (χ1n) is 8.93. The molecular formula is C19H17Cl2N5O4S. The second-order valence-corrected chi connectivity index (χ2v) is 9.94. The number of nitro benzene ring substituents is 1. The Bertz CT molecular complexity index is 1250. The van der Waals surface area contributed by atoms with Crippen LogP contribution in [0.5, 0.6) is 0 Å². The third kappa shape index (κ3) is 5.04.